The zero-order valence-electron chi connectivity index (χ0n) is 14.2. The number of hydrazine groups is 1. The Morgan fingerprint density at radius 1 is 1.12 bits per heavy atom. The Morgan fingerprint density at radius 2 is 1.83 bits per heavy atom. The lowest BCUT2D eigenvalue weighted by molar-refractivity contribution is 0.0962. The Hall–Kier alpha value is -2.96. The number of carbonyl (C=O) groups excluding carboxylic acids is 1. The molecule has 1 amide bonds. The second-order valence-corrected chi connectivity index (χ2v) is 6.63. The quantitative estimate of drug-likeness (QED) is 0.723. The van der Waals surface area contributed by atoms with Crippen LogP contribution < -0.4 is 10.9 Å². The molecule has 3 aromatic rings. The number of nitrogens with zero attached hydrogens (tertiary/aromatic N) is 4. The van der Waals surface area contributed by atoms with Crippen LogP contribution >= 0.6 is 0 Å². The van der Waals surface area contributed by atoms with Crippen molar-refractivity contribution in [3.8, 4) is 0 Å². The number of aromatic nitrogens is 4. The fraction of sp³-hybridized carbons (Fsp3) is 0.294. The van der Waals surface area contributed by atoms with Crippen LogP contribution in [0.5, 0.6) is 0 Å². The molecule has 0 saturated carbocycles. The number of benzene rings is 1. The van der Waals surface area contributed by atoms with Gasteiger partial charge in [-0.15, -0.1) is 0 Å². The zero-order chi connectivity index (χ0) is 17.3. The van der Waals surface area contributed by atoms with Crippen LogP contribution in [0.25, 0.3) is 11.0 Å². The summed E-state index contributed by atoms with van der Waals surface area (Å²) in [5.74, 6) is 0.277. The molecule has 124 valence electrons. The summed E-state index contributed by atoms with van der Waals surface area (Å²) in [6.07, 6.45) is 3.08. The molecule has 2 heterocycles. The van der Waals surface area contributed by atoms with Gasteiger partial charge in [0.2, 0.25) is 0 Å². The van der Waals surface area contributed by atoms with Crippen LogP contribution in [0.15, 0.2) is 36.8 Å². The number of rotatable bonds is 3. The first-order chi connectivity index (χ1) is 11.4. The number of amides is 1. The second-order valence-electron chi connectivity index (χ2n) is 6.63. The van der Waals surface area contributed by atoms with Crippen molar-refractivity contribution in [2.24, 2.45) is 7.05 Å². The molecule has 0 radical (unpaired) electrons. The molecule has 0 bridgehead atoms. The van der Waals surface area contributed by atoms with Gasteiger partial charge in [0.05, 0.1) is 11.6 Å². The molecule has 0 spiro atoms. The summed E-state index contributed by atoms with van der Waals surface area (Å²) in [4.78, 5) is 20.6. The van der Waals surface area contributed by atoms with E-state index in [0.717, 1.165) is 5.39 Å². The van der Waals surface area contributed by atoms with Crippen LogP contribution in [0.2, 0.25) is 0 Å². The number of carbonyl (C=O) groups is 1. The first kappa shape index (κ1) is 15.9. The molecule has 0 aliphatic heterocycles. The van der Waals surface area contributed by atoms with Crippen molar-refractivity contribution in [2.75, 3.05) is 5.43 Å². The molecule has 2 aromatic heterocycles. The van der Waals surface area contributed by atoms with Crippen LogP contribution in [-0.2, 0) is 12.5 Å². The van der Waals surface area contributed by atoms with E-state index in [4.69, 9.17) is 0 Å². The number of nitrogens with one attached hydrogen (secondary N) is 2. The third-order valence-electron chi connectivity index (χ3n) is 3.84. The van der Waals surface area contributed by atoms with Gasteiger partial charge in [0.1, 0.15) is 6.33 Å². The molecule has 0 saturated heterocycles. The monoisotopic (exact) mass is 324 g/mol. The minimum absolute atomic E-state index is 0.0557. The predicted octanol–water partition coefficient (Wildman–Crippen LogP) is 2.42. The summed E-state index contributed by atoms with van der Waals surface area (Å²) in [5.41, 5.74) is 8.00. The Balaban J connectivity index is 1.73. The van der Waals surface area contributed by atoms with E-state index in [-0.39, 0.29) is 11.3 Å². The predicted molar refractivity (Wildman–Crippen MR) is 92.5 cm³/mol. The van der Waals surface area contributed by atoms with Crippen molar-refractivity contribution in [3.05, 3.63) is 47.9 Å². The standard InChI is InChI=1S/C17H20N6O/c1-17(2,3)12-7-5-11(6-8-12)16(24)22-21-14-13-9-20-23(4)15(13)19-10-18-14/h5-10H,1-4H3,(H,22,24)(H,18,19,21). The van der Waals surface area contributed by atoms with Gasteiger partial charge < -0.3 is 0 Å². The molecule has 24 heavy (non-hydrogen) atoms. The van der Waals surface area contributed by atoms with Gasteiger partial charge in [0.25, 0.3) is 5.91 Å². The molecule has 0 fully saturated rings. The van der Waals surface area contributed by atoms with Gasteiger partial charge in [0, 0.05) is 12.6 Å². The molecule has 3 rings (SSSR count). The normalized spacial score (nSPS) is 11.5. The minimum atomic E-state index is -0.230. The van der Waals surface area contributed by atoms with Gasteiger partial charge in [-0.3, -0.25) is 20.3 Å². The molecule has 2 N–H and O–H groups in total. The molecule has 0 aliphatic carbocycles. The SMILES string of the molecule is Cn1ncc2c(NNC(=O)c3ccc(C(C)(C)C)cc3)ncnc21. The maximum Gasteiger partial charge on any atom is 0.269 e. The first-order valence-electron chi connectivity index (χ1n) is 7.66. The van der Waals surface area contributed by atoms with Crippen molar-refractivity contribution < 1.29 is 4.79 Å². The van der Waals surface area contributed by atoms with Crippen molar-refractivity contribution in [3.63, 3.8) is 0 Å². The van der Waals surface area contributed by atoms with E-state index in [9.17, 15) is 4.79 Å². The Kier molecular flexibility index (Phi) is 3.92. The highest BCUT2D eigenvalue weighted by Crippen LogP contribution is 2.22. The van der Waals surface area contributed by atoms with Gasteiger partial charge in [-0.1, -0.05) is 32.9 Å². The Labute approximate surface area is 140 Å². The highest BCUT2D eigenvalue weighted by Gasteiger charge is 2.14. The molecule has 0 atom stereocenters. The lowest BCUT2D eigenvalue weighted by atomic mass is 9.87. The van der Waals surface area contributed by atoms with E-state index in [0.29, 0.717) is 17.0 Å². The molecule has 1 aromatic carbocycles. The molecule has 7 nitrogen and oxygen atoms in total. The molecular formula is C17H20N6O. The van der Waals surface area contributed by atoms with Gasteiger partial charge in [-0.2, -0.15) is 5.10 Å². The molecule has 0 aliphatic rings. The van der Waals surface area contributed by atoms with Crippen LogP contribution in [0, 0.1) is 0 Å². The average molecular weight is 324 g/mol. The van der Waals surface area contributed by atoms with Crippen LogP contribution in [0.1, 0.15) is 36.7 Å². The Bertz CT molecular complexity index is 876. The molecule has 0 unspecified atom stereocenters. The van der Waals surface area contributed by atoms with Gasteiger partial charge in [-0.05, 0) is 23.1 Å². The van der Waals surface area contributed by atoms with Crippen LogP contribution in [0.3, 0.4) is 0 Å². The number of hydrogen-bond donors (Lipinski definition) is 2. The van der Waals surface area contributed by atoms with Crippen molar-refractivity contribution in [2.45, 2.75) is 26.2 Å². The topological polar surface area (TPSA) is 84.7 Å². The van der Waals surface area contributed by atoms with Crippen LogP contribution in [-0.4, -0.2) is 25.7 Å². The maximum absolute atomic E-state index is 12.3. The molecule has 7 heteroatoms. The fourth-order valence-electron chi connectivity index (χ4n) is 2.37. The summed E-state index contributed by atoms with van der Waals surface area (Å²) in [5, 5.41) is 4.88. The van der Waals surface area contributed by atoms with E-state index in [2.05, 4.69) is 46.7 Å². The highest BCUT2D eigenvalue weighted by atomic mass is 16.2. The maximum atomic E-state index is 12.3. The van der Waals surface area contributed by atoms with Crippen molar-refractivity contribution in [1.29, 1.82) is 0 Å². The molecular weight excluding hydrogens is 304 g/mol. The van der Waals surface area contributed by atoms with Crippen LogP contribution in [0.4, 0.5) is 5.82 Å². The average Bonchev–Trinajstić information content (AvgIpc) is 2.94. The van der Waals surface area contributed by atoms with E-state index >= 15 is 0 Å². The largest absolute Gasteiger partial charge is 0.281 e. The summed E-state index contributed by atoms with van der Waals surface area (Å²) < 4.78 is 1.65. The third kappa shape index (κ3) is 3.05. The minimum Gasteiger partial charge on any atom is -0.281 e. The number of aryl methyl sites for hydroxylation is 1. The zero-order valence-corrected chi connectivity index (χ0v) is 14.2. The van der Waals surface area contributed by atoms with Crippen molar-refractivity contribution >= 4 is 22.8 Å². The van der Waals surface area contributed by atoms with Crippen molar-refractivity contribution in [1.82, 2.24) is 25.2 Å². The van der Waals surface area contributed by atoms with E-state index in [1.807, 2.05) is 24.3 Å². The summed E-state index contributed by atoms with van der Waals surface area (Å²) in [6.45, 7) is 6.41. The first-order valence-corrected chi connectivity index (χ1v) is 7.66. The van der Waals surface area contributed by atoms with E-state index in [1.165, 1.54) is 11.9 Å². The second kappa shape index (κ2) is 5.92. The summed E-state index contributed by atoms with van der Waals surface area (Å²) in [6, 6.07) is 7.58. The summed E-state index contributed by atoms with van der Waals surface area (Å²) in [7, 11) is 1.80. The lowest BCUT2D eigenvalue weighted by Gasteiger charge is -2.19. The fourth-order valence-corrected chi connectivity index (χ4v) is 2.37. The highest BCUT2D eigenvalue weighted by molar-refractivity contribution is 5.96. The Morgan fingerprint density at radius 3 is 2.50 bits per heavy atom. The van der Waals surface area contributed by atoms with E-state index in [1.54, 1.807) is 17.9 Å². The van der Waals surface area contributed by atoms with Gasteiger partial charge in [0.15, 0.2) is 11.5 Å². The third-order valence-corrected chi connectivity index (χ3v) is 3.84. The lowest BCUT2D eigenvalue weighted by Crippen LogP contribution is -2.30. The van der Waals surface area contributed by atoms with Gasteiger partial charge >= 0.3 is 0 Å². The number of fused-ring (bicyclic) bond motifs is 1. The smallest absolute Gasteiger partial charge is 0.269 e. The summed E-state index contributed by atoms with van der Waals surface area (Å²) >= 11 is 0. The van der Waals surface area contributed by atoms with Gasteiger partial charge in [-0.25, -0.2) is 9.97 Å². The number of hydrogen-bond acceptors (Lipinski definition) is 5. The number of anilines is 1. The van der Waals surface area contributed by atoms with E-state index < -0.39 is 0 Å².